The maximum atomic E-state index is 11.5. The molecule has 0 aliphatic rings. The monoisotopic (exact) mass is 322 g/mol. The number of H-pyrrole nitrogens is 1. The highest BCUT2D eigenvalue weighted by Crippen LogP contribution is 2.29. The van der Waals surface area contributed by atoms with Crippen LogP contribution in [0.2, 0.25) is 0 Å². The van der Waals surface area contributed by atoms with Crippen molar-refractivity contribution in [2.24, 2.45) is 0 Å². The number of para-hydroxylation sites is 1. The molecule has 0 unspecified atom stereocenters. The third-order valence-electron chi connectivity index (χ3n) is 3.26. The van der Waals surface area contributed by atoms with Gasteiger partial charge < -0.3 is 4.90 Å². The summed E-state index contributed by atoms with van der Waals surface area (Å²) >= 11 is 0. The molecule has 0 radical (unpaired) electrons. The number of sulfonamides is 1. The van der Waals surface area contributed by atoms with Crippen LogP contribution in [0.3, 0.4) is 0 Å². The topological polar surface area (TPSA) is 78.1 Å². The lowest BCUT2D eigenvalue weighted by atomic mass is 10.1. The molecule has 120 valence electrons. The van der Waals surface area contributed by atoms with Crippen molar-refractivity contribution >= 4 is 15.7 Å². The molecule has 0 fully saturated rings. The smallest absolute Gasteiger partial charge is 0.229 e. The molecule has 22 heavy (non-hydrogen) atoms. The molecule has 1 aromatic carbocycles. The SMILES string of the molecule is CCCN(C)Cc1cn[nH]c1-c1ccccc1NS(C)(=O)=O. The Morgan fingerprint density at radius 2 is 2.05 bits per heavy atom. The van der Waals surface area contributed by atoms with Gasteiger partial charge >= 0.3 is 0 Å². The summed E-state index contributed by atoms with van der Waals surface area (Å²) in [6.45, 7) is 3.89. The molecule has 2 aromatic rings. The van der Waals surface area contributed by atoms with E-state index in [2.05, 4.69) is 33.8 Å². The molecule has 7 heteroatoms. The summed E-state index contributed by atoms with van der Waals surface area (Å²) in [5.74, 6) is 0. The normalized spacial score (nSPS) is 11.8. The van der Waals surface area contributed by atoms with Gasteiger partial charge in [-0.3, -0.25) is 9.82 Å². The number of aromatic nitrogens is 2. The van der Waals surface area contributed by atoms with E-state index in [1.165, 1.54) is 0 Å². The van der Waals surface area contributed by atoms with Crippen molar-refractivity contribution in [1.82, 2.24) is 15.1 Å². The molecule has 0 spiro atoms. The van der Waals surface area contributed by atoms with E-state index in [-0.39, 0.29) is 0 Å². The van der Waals surface area contributed by atoms with Crippen molar-refractivity contribution < 1.29 is 8.42 Å². The van der Waals surface area contributed by atoms with Gasteiger partial charge in [0.25, 0.3) is 0 Å². The lowest BCUT2D eigenvalue weighted by Gasteiger charge is -2.16. The number of rotatable bonds is 7. The highest BCUT2D eigenvalue weighted by molar-refractivity contribution is 7.92. The minimum atomic E-state index is -3.33. The van der Waals surface area contributed by atoms with Gasteiger partial charge in [-0.1, -0.05) is 25.1 Å². The second-order valence-corrected chi connectivity index (χ2v) is 7.18. The van der Waals surface area contributed by atoms with Crippen LogP contribution in [0.1, 0.15) is 18.9 Å². The highest BCUT2D eigenvalue weighted by atomic mass is 32.2. The molecule has 0 amide bonds. The molecule has 6 nitrogen and oxygen atoms in total. The van der Waals surface area contributed by atoms with Crippen LogP contribution in [-0.4, -0.2) is 43.4 Å². The van der Waals surface area contributed by atoms with Gasteiger partial charge in [-0.25, -0.2) is 8.42 Å². The predicted octanol–water partition coefficient (Wildman–Crippen LogP) is 2.29. The van der Waals surface area contributed by atoms with Crippen LogP contribution in [0.5, 0.6) is 0 Å². The molecule has 0 bridgehead atoms. The van der Waals surface area contributed by atoms with Gasteiger partial charge in [-0.15, -0.1) is 0 Å². The van der Waals surface area contributed by atoms with E-state index in [9.17, 15) is 8.42 Å². The van der Waals surface area contributed by atoms with Crippen molar-refractivity contribution in [2.45, 2.75) is 19.9 Å². The van der Waals surface area contributed by atoms with Gasteiger partial charge in [0.2, 0.25) is 10.0 Å². The van der Waals surface area contributed by atoms with Crippen LogP contribution in [-0.2, 0) is 16.6 Å². The molecule has 0 aliphatic heterocycles. The molecule has 1 heterocycles. The van der Waals surface area contributed by atoms with Crippen molar-refractivity contribution in [3.63, 3.8) is 0 Å². The predicted molar refractivity (Wildman–Crippen MR) is 89.1 cm³/mol. The van der Waals surface area contributed by atoms with Gasteiger partial charge in [0.15, 0.2) is 0 Å². The molecular formula is C15H22N4O2S. The molecule has 2 N–H and O–H groups in total. The maximum Gasteiger partial charge on any atom is 0.229 e. The number of nitrogens with one attached hydrogen (secondary N) is 2. The number of nitrogens with zero attached hydrogens (tertiary/aromatic N) is 2. The summed E-state index contributed by atoms with van der Waals surface area (Å²) in [7, 11) is -1.27. The third-order valence-corrected chi connectivity index (χ3v) is 3.85. The fourth-order valence-corrected chi connectivity index (χ4v) is 2.98. The van der Waals surface area contributed by atoms with Crippen LogP contribution < -0.4 is 4.72 Å². The van der Waals surface area contributed by atoms with Crippen LogP contribution in [0.15, 0.2) is 30.5 Å². The minimum absolute atomic E-state index is 0.550. The Morgan fingerprint density at radius 3 is 2.73 bits per heavy atom. The first-order valence-electron chi connectivity index (χ1n) is 7.18. The molecule has 0 aliphatic carbocycles. The largest absolute Gasteiger partial charge is 0.302 e. The highest BCUT2D eigenvalue weighted by Gasteiger charge is 2.14. The molecule has 0 saturated heterocycles. The quantitative estimate of drug-likeness (QED) is 0.820. The maximum absolute atomic E-state index is 11.5. The Labute approximate surface area is 131 Å². The van der Waals surface area contributed by atoms with Crippen molar-refractivity contribution in [3.05, 3.63) is 36.0 Å². The van der Waals surface area contributed by atoms with E-state index in [1.54, 1.807) is 18.3 Å². The van der Waals surface area contributed by atoms with E-state index in [1.807, 2.05) is 12.1 Å². The Balaban J connectivity index is 2.35. The first kappa shape index (κ1) is 16.5. The Morgan fingerprint density at radius 1 is 1.32 bits per heavy atom. The molecule has 1 aromatic heterocycles. The minimum Gasteiger partial charge on any atom is -0.302 e. The zero-order chi connectivity index (χ0) is 16.2. The van der Waals surface area contributed by atoms with Gasteiger partial charge in [0.1, 0.15) is 0 Å². The second-order valence-electron chi connectivity index (χ2n) is 5.43. The summed E-state index contributed by atoms with van der Waals surface area (Å²) < 4.78 is 25.6. The van der Waals surface area contributed by atoms with Crippen molar-refractivity contribution in [3.8, 4) is 11.3 Å². The average Bonchev–Trinajstić information content (AvgIpc) is 2.85. The Hall–Kier alpha value is -1.86. The number of aromatic amines is 1. The van der Waals surface area contributed by atoms with E-state index in [0.717, 1.165) is 42.6 Å². The van der Waals surface area contributed by atoms with Crippen LogP contribution in [0, 0.1) is 0 Å². The Bertz CT molecular complexity index is 725. The van der Waals surface area contributed by atoms with E-state index >= 15 is 0 Å². The first-order chi connectivity index (χ1) is 10.4. The lowest BCUT2D eigenvalue weighted by molar-refractivity contribution is 0.328. The molecule has 0 saturated carbocycles. The standard InChI is InChI=1S/C15H22N4O2S/c1-4-9-19(2)11-12-10-16-17-15(12)13-7-5-6-8-14(13)18-22(3,20)21/h5-8,10,18H,4,9,11H2,1-3H3,(H,16,17). The van der Waals surface area contributed by atoms with Gasteiger partial charge in [0.05, 0.1) is 23.8 Å². The molecule has 0 atom stereocenters. The third kappa shape index (κ3) is 4.32. The van der Waals surface area contributed by atoms with Crippen molar-refractivity contribution in [2.75, 3.05) is 24.6 Å². The van der Waals surface area contributed by atoms with E-state index in [4.69, 9.17) is 0 Å². The van der Waals surface area contributed by atoms with Gasteiger partial charge in [0, 0.05) is 17.7 Å². The van der Waals surface area contributed by atoms with E-state index < -0.39 is 10.0 Å². The van der Waals surface area contributed by atoms with Crippen LogP contribution in [0.25, 0.3) is 11.3 Å². The summed E-state index contributed by atoms with van der Waals surface area (Å²) in [5.41, 5.74) is 3.23. The number of hydrogen-bond acceptors (Lipinski definition) is 4. The number of anilines is 1. The zero-order valence-corrected chi connectivity index (χ0v) is 13.9. The fourth-order valence-electron chi connectivity index (χ4n) is 2.41. The zero-order valence-electron chi connectivity index (χ0n) is 13.1. The number of benzene rings is 1. The van der Waals surface area contributed by atoms with Gasteiger partial charge in [-0.05, 0) is 26.1 Å². The average molecular weight is 322 g/mol. The number of hydrogen-bond donors (Lipinski definition) is 2. The second kappa shape index (κ2) is 6.93. The van der Waals surface area contributed by atoms with Gasteiger partial charge in [-0.2, -0.15) is 5.10 Å². The molecule has 2 rings (SSSR count). The molecular weight excluding hydrogens is 300 g/mol. The lowest BCUT2D eigenvalue weighted by Crippen LogP contribution is -2.18. The summed E-state index contributed by atoms with van der Waals surface area (Å²) in [5, 5.41) is 7.10. The van der Waals surface area contributed by atoms with E-state index in [0.29, 0.717) is 5.69 Å². The van der Waals surface area contributed by atoms with Crippen molar-refractivity contribution in [1.29, 1.82) is 0 Å². The first-order valence-corrected chi connectivity index (χ1v) is 9.08. The summed E-state index contributed by atoms with van der Waals surface area (Å²) in [6, 6.07) is 7.31. The van der Waals surface area contributed by atoms with Crippen LogP contribution >= 0.6 is 0 Å². The van der Waals surface area contributed by atoms with Crippen LogP contribution in [0.4, 0.5) is 5.69 Å². The fraction of sp³-hybridized carbons (Fsp3) is 0.400. The Kier molecular flexibility index (Phi) is 5.20. The summed E-state index contributed by atoms with van der Waals surface area (Å²) in [4.78, 5) is 2.21. The summed E-state index contributed by atoms with van der Waals surface area (Å²) in [6.07, 6.45) is 4.02.